The van der Waals surface area contributed by atoms with Gasteiger partial charge >= 0.3 is 0 Å². The molecule has 2 aliphatic rings. The predicted octanol–water partition coefficient (Wildman–Crippen LogP) is 3.23. The Kier molecular flexibility index (Phi) is 7.52. The maximum absolute atomic E-state index is 13.1. The SMILES string of the molecule is CC(C)n1cnc2c(NC3CCN(S(=O)(=O)c4ccc(C#N)cc4)CC3)nc(NC3CCC(N)CC3)nc21. The fourth-order valence-corrected chi connectivity index (χ4v) is 6.66. The van der Waals surface area contributed by atoms with E-state index < -0.39 is 10.0 Å². The summed E-state index contributed by atoms with van der Waals surface area (Å²) in [6.45, 7) is 4.97. The molecule has 1 saturated heterocycles. The summed E-state index contributed by atoms with van der Waals surface area (Å²) >= 11 is 0. The number of piperidine rings is 1. The molecule has 3 aromatic rings. The van der Waals surface area contributed by atoms with Gasteiger partial charge in [-0.15, -0.1) is 0 Å². The van der Waals surface area contributed by atoms with Crippen molar-refractivity contribution in [3.05, 3.63) is 36.2 Å². The van der Waals surface area contributed by atoms with Crippen molar-refractivity contribution in [3.8, 4) is 6.07 Å². The van der Waals surface area contributed by atoms with Gasteiger partial charge in [-0.3, -0.25) is 0 Å². The van der Waals surface area contributed by atoms with E-state index >= 15 is 0 Å². The zero-order valence-electron chi connectivity index (χ0n) is 21.8. The summed E-state index contributed by atoms with van der Waals surface area (Å²) in [5.41, 5.74) is 8.00. The zero-order valence-corrected chi connectivity index (χ0v) is 22.7. The molecular weight excluding hydrogens is 502 g/mol. The molecule has 1 aromatic carbocycles. The number of rotatable bonds is 7. The number of hydrogen-bond acceptors (Lipinski definition) is 9. The van der Waals surface area contributed by atoms with Crippen molar-refractivity contribution in [3.63, 3.8) is 0 Å². The monoisotopic (exact) mass is 537 g/mol. The van der Waals surface area contributed by atoms with Gasteiger partial charge in [-0.1, -0.05) is 0 Å². The van der Waals surface area contributed by atoms with Crippen LogP contribution in [-0.2, 0) is 10.0 Å². The van der Waals surface area contributed by atoms with Crippen molar-refractivity contribution < 1.29 is 8.42 Å². The number of nitrogens with two attached hydrogens (primary N) is 1. The Morgan fingerprint density at radius 2 is 1.66 bits per heavy atom. The van der Waals surface area contributed by atoms with Gasteiger partial charge in [0.25, 0.3) is 0 Å². The smallest absolute Gasteiger partial charge is 0.243 e. The Morgan fingerprint density at radius 3 is 2.29 bits per heavy atom. The molecule has 3 heterocycles. The van der Waals surface area contributed by atoms with Crippen LogP contribution in [0.1, 0.15) is 64.0 Å². The molecule has 5 rings (SSSR count). The second-order valence-electron chi connectivity index (χ2n) is 10.5. The van der Waals surface area contributed by atoms with Crippen LogP contribution in [0.3, 0.4) is 0 Å². The highest BCUT2D eigenvalue weighted by Gasteiger charge is 2.30. The van der Waals surface area contributed by atoms with Crippen LogP contribution in [0, 0.1) is 11.3 Å². The highest BCUT2D eigenvalue weighted by atomic mass is 32.2. The van der Waals surface area contributed by atoms with E-state index in [9.17, 15) is 8.42 Å². The maximum Gasteiger partial charge on any atom is 0.243 e. The number of hydrogen-bond donors (Lipinski definition) is 3. The number of sulfonamides is 1. The number of imidazole rings is 1. The normalized spacial score (nSPS) is 21.4. The standard InChI is InChI=1S/C26H35N9O2S/c1-17(2)35-16-29-23-24(32-26(33-25(23)35)31-20-7-5-19(28)6-8-20)30-21-11-13-34(14-12-21)38(36,37)22-9-3-18(15-27)4-10-22/h3-4,9-10,16-17,19-21H,5-8,11-14,28H2,1-2H3,(H2,30,31,32,33). The highest BCUT2D eigenvalue weighted by molar-refractivity contribution is 7.89. The van der Waals surface area contributed by atoms with Crippen LogP contribution in [0.15, 0.2) is 35.5 Å². The van der Waals surface area contributed by atoms with E-state index in [1.54, 1.807) is 6.33 Å². The lowest BCUT2D eigenvalue weighted by Crippen LogP contribution is -2.42. The Balaban J connectivity index is 1.32. The van der Waals surface area contributed by atoms with Crippen LogP contribution in [0.4, 0.5) is 11.8 Å². The van der Waals surface area contributed by atoms with Crippen LogP contribution in [-0.4, -0.2) is 63.5 Å². The zero-order chi connectivity index (χ0) is 26.9. The van der Waals surface area contributed by atoms with E-state index in [0.29, 0.717) is 48.8 Å². The molecule has 0 radical (unpaired) electrons. The number of aromatic nitrogens is 4. The Bertz CT molecular complexity index is 1410. The lowest BCUT2D eigenvalue weighted by atomic mass is 9.92. The van der Waals surface area contributed by atoms with Gasteiger partial charge in [0.15, 0.2) is 17.0 Å². The van der Waals surface area contributed by atoms with Gasteiger partial charge in [0, 0.05) is 37.3 Å². The first-order valence-corrected chi connectivity index (χ1v) is 14.7. The first kappa shape index (κ1) is 26.3. The lowest BCUT2D eigenvalue weighted by molar-refractivity contribution is 0.329. The van der Waals surface area contributed by atoms with Gasteiger partial charge in [0.2, 0.25) is 16.0 Å². The van der Waals surface area contributed by atoms with Crippen molar-refractivity contribution in [2.75, 3.05) is 23.7 Å². The minimum atomic E-state index is -3.62. The van der Waals surface area contributed by atoms with E-state index in [-0.39, 0.29) is 29.1 Å². The molecule has 1 aliphatic heterocycles. The molecule has 202 valence electrons. The number of anilines is 2. The molecule has 0 bridgehead atoms. The summed E-state index contributed by atoms with van der Waals surface area (Å²) in [5, 5.41) is 16.1. The maximum atomic E-state index is 13.1. The molecule has 2 aromatic heterocycles. The average molecular weight is 538 g/mol. The quantitative estimate of drug-likeness (QED) is 0.412. The summed E-state index contributed by atoms with van der Waals surface area (Å²) in [7, 11) is -3.62. The molecule has 0 amide bonds. The molecule has 0 atom stereocenters. The second kappa shape index (κ2) is 10.8. The van der Waals surface area contributed by atoms with E-state index in [0.717, 1.165) is 31.3 Å². The molecule has 1 saturated carbocycles. The van der Waals surface area contributed by atoms with Gasteiger partial charge in [0.1, 0.15) is 0 Å². The van der Waals surface area contributed by atoms with Gasteiger partial charge in [0.05, 0.1) is 22.9 Å². The fourth-order valence-electron chi connectivity index (χ4n) is 5.19. The lowest BCUT2D eigenvalue weighted by Gasteiger charge is -2.32. The second-order valence-corrected chi connectivity index (χ2v) is 12.5. The van der Waals surface area contributed by atoms with Gasteiger partial charge in [-0.2, -0.15) is 19.5 Å². The van der Waals surface area contributed by atoms with Crippen molar-refractivity contribution >= 4 is 33.0 Å². The Labute approximate surface area is 223 Å². The predicted molar refractivity (Wildman–Crippen MR) is 146 cm³/mol. The Hall–Kier alpha value is -3.27. The molecule has 1 aliphatic carbocycles. The van der Waals surface area contributed by atoms with E-state index in [1.165, 1.54) is 28.6 Å². The molecule has 4 N–H and O–H groups in total. The first-order chi connectivity index (χ1) is 18.2. The van der Waals surface area contributed by atoms with Crippen LogP contribution >= 0.6 is 0 Å². The molecular formula is C26H35N9O2S. The summed E-state index contributed by atoms with van der Waals surface area (Å²) < 4.78 is 29.8. The molecule has 2 fully saturated rings. The Morgan fingerprint density at radius 1 is 1.00 bits per heavy atom. The van der Waals surface area contributed by atoms with E-state index in [2.05, 4.69) is 29.5 Å². The summed E-state index contributed by atoms with van der Waals surface area (Å²) in [5.74, 6) is 1.24. The van der Waals surface area contributed by atoms with Crippen molar-refractivity contribution in [1.29, 1.82) is 5.26 Å². The number of fused-ring (bicyclic) bond motifs is 1. The van der Waals surface area contributed by atoms with Crippen LogP contribution in [0.2, 0.25) is 0 Å². The van der Waals surface area contributed by atoms with Crippen LogP contribution < -0.4 is 16.4 Å². The van der Waals surface area contributed by atoms with Crippen molar-refractivity contribution in [1.82, 2.24) is 23.8 Å². The van der Waals surface area contributed by atoms with Gasteiger partial charge < -0.3 is 20.9 Å². The first-order valence-electron chi connectivity index (χ1n) is 13.3. The third-order valence-electron chi connectivity index (χ3n) is 7.50. The summed E-state index contributed by atoms with van der Waals surface area (Å²) in [4.78, 5) is 14.4. The molecule has 11 nitrogen and oxygen atoms in total. The third-order valence-corrected chi connectivity index (χ3v) is 9.41. The molecule has 0 spiro atoms. The largest absolute Gasteiger partial charge is 0.365 e. The number of benzene rings is 1. The molecule has 0 unspecified atom stereocenters. The van der Waals surface area contributed by atoms with Gasteiger partial charge in [-0.25, -0.2) is 13.4 Å². The summed E-state index contributed by atoms with van der Waals surface area (Å²) in [6.07, 6.45) is 7.01. The molecule has 12 heteroatoms. The van der Waals surface area contributed by atoms with Gasteiger partial charge in [-0.05, 0) is 76.6 Å². The molecule has 38 heavy (non-hydrogen) atoms. The highest BCUT2D eigenvalue weighted by Crippen LogP contribution is 2.28. The number of nitriles is 1. The van der Waals surface area contributed by atoms with Crippen LogP contribution in [0.5, 0.6) is 0 Å². The summed E-state index contributed by atoms with van der Waals surface area (Å²) in [6, 6.07) is 8.87. The third kappa shape index (κ3) is 5.45. The topological polar surface area (TPSA) is 155 Å². The van der Waals surface area contributed by atoms with E-state index in [1.807, 2.05) is 10.6 Å². The van der Waals surface area contributed by atoms with Crippen molar-refractivity contribution in [2.24, 2.45) is 5.73 Å². The number of nitrogens with one attached hydrogen (secondary N) is 2. The number of nitrogens with zero attached hydrogens (tertiary/aromatic N) is 6. The average Bonchev–Trinajstić information content (AvgIpc) is 3.35. The van der Waals surface area contributed by atoms with Crippen molar-refractivity contribution in [2.45, 2.75) is 81.4 Å². The minimum Gasteiger partial charge on any atom is -0.365 e. The van der Waals surface area contributed by atoms with Crippen LogP contribution in [0.25, 0.3) is 11.2 Å². The minimum absolute atomic E-state index is 0.0465. The van der Waals surface area contributed by atoms with E-state index in [4.69, 9.17) is 21.0 Å². The fraction of sp³-hybridized carbons (Fsp3) is 0.538.